The first-order chi connectivity index (χ1) is 13.4. The van der Waals surface area contributed by atoms with E-state index in [1.54, 1.807) is 17.4 Å². The van der Waals surface area contributed by atoms with Crippen LogP contribution in [0, 0.1) is 13.8 Å². The van der Waals surface area contributed by atoms with Gasteiger partial charge >= 0.3 is 0 Å². The zero-order valence-electron chi connectivity index (χ0n) is 16.4. The van der Waals surface area contributed by atoms with E-state index in [9.17, 15) is 4.79 Å². The van der Waals surface area contributed by atoms with Crippen molar-refractivity contribution in [2.24, 2.45) is 0 Å². The number of fused-ring (bicyclic) bond motifs is 2. The van der Waals surface area contributed by atoms with E-state index < -0.39 is 0 Å². The topological polar surface area (TPSA) is 64.9 Å². The molecule has 0 spiro atoms. The molecule has 3 aromatic rings. The van der Waals surface area contributed by atoms with Gasteiger partial charge in [0.15, 0.2) is 4.96 Å². The van der Waals surface area contributed by atoms with Crippen molar-refractivity contribution < 1.29 is 14.3 Å². The maximum Gasteiger partial charge on any atom is 0.248 e. The van der Waals surface area contributed by atoms with Crippen LogP contribution >= 0.6 is 11.3 Å². The maximum atomic E-state index is 12.6. The molecule has 2 aromatic heterocycles. The van der Waals surface area contributed by atoms with E-state index in [-0.39, 0.29) is 12.0 Å². The van der Waals surface area contributed by atoms with Crippen molar-refractivity contribution in [1.29, 1.82) is 0 Å². The summed E-state index contributed by atoms with van der Waals surface area (Å²) in [5.74, 6) is 1.24. The molecule has 0 saturated carbocycles. The molecule has 4 rings (SSSR count). The van der Waals surface area contributed by atoms with Gasteiger partial charge in [0.2, 0.25) is 5.91 Å². The number of aryl methyl sites for hydroxylation is 2. The molecule has 7 heteroatoms. The SMILES string of the molecule is CCOc1cc2c(cc1NC(=O)/C=C\c1c(C)nc3sc(C)cn13)OC(C)C2. The van der Waals surface area contributed by atoms with Crippen LogP contribution in [-0.4, -0.2) is 28.0 Å². The quantitative estimate of drug-likeness (QED) is 0.649. The lowest BCUT2D eigenvalue weighted by Gasteiger charge is -2.12. The summed E-state index contributed by atoms with van der Waals surface area (Å²) in [7, 11) is 0. The molecule has 0 radical (unpaired) electrons. The monoisotopic (exact) mass is 397 g/mol. The Morgan fingerprint density at radius 3 is 3.07 bits per heavy atom. The van der Waals surface area contributed by atoms with Gasteiger partial charge in [0.05, 0.1) is 23.7 Å². The highest BCUT2D eigenvalue weighted by Crippen LogP contribution is 2.38. The van der Waals surface area contributed by atoms with Crippen LogP contribution in [0.15, 0.2) is 24.4 Å². The van der Waals surface area contributed by atoms with Gasteiger partial charge in [0, 0.05) is 35.2 Å². The fourth-order valence-corrected chi connectivity index (χ4v) is 4.30. The highest BCUT2D eigenvalue weighted by Gasteiger charge is 2.22. The van der Waals surface area contributed by atoms with Gasteiger partial charge in [0.25, 0.3) is 0 Å². The second-order valence-corrected chi connectivity index (χ2v) is 8.13. The number of hydrogen-bond donors (Lipinski definition) is 1. The summed E-state index contributed by atoms with van der Waals surface area (Å²) in [6.45, 7) is 8.47. The van der Waals surface area contributed by atoms with Gasteiger partial charge in [-0.3, -0.25) is 9.20 Å². The van der Waals surface area contributed by atoms with Crippen LogP contribution in [0.25, 0.3) is 11.0 Å². The van der Waals surface area contributed by atoms with Crippen LogP contribution in [0.3, 0.4) is 0 Å². The molecule has 1 atom stereocenters. The summed E-state index contributed by atoms with van der Waals surface area (Å²) in [6, 6.07) is 3.81. The van der Waals surface area contributed by atoms with Crippen molar-refractivity contribution >= 4 is 34.0 Å². The molecule has 3 heterocycles. The number of benzene rings is 1. The van der Waals surface area contributed by atoms with E-state index >= 15 is 0 Å². The van der Waals surface area contributed by atoms with E-state index in [0.717, 1.165) is 34.1 Å². The fourth-order valence-electron chi connectivity index (χ4n) is 3.42. The first-order valence-corrected chi connectivity index (χ1v) is 10.2. The van der Waals surface area contributed by atoms with E-state index in [4.69, 9.17) is 9.47 Å². The van der Waals surface area contributed by atoms with Gasteiger partial charge in [-0.1, -0.05) is 0 Å². The molecule has 6 nitrogen and oxygen atoms in total. The molecule has 0 fully saturated rings. The largest absolute Gasteiger partial charge is 0.492 e. The summed E-state index contributed by atoms with van der Waals surface area (Å²) in [5, 5.41) is 2.92. The second-order valence-electron chi connectivity index (χ2n) is 6.92. The van der Waals surface area contributed by atoms with Crippen molar-refractivity contribution in [2.45, 2.75) is 40.2 Å². The van der Waals surface area contributed by atoms with Gasteiger partial charge in [-0.2, -0.15) is 0 Å². The Labute approximate surface area is 167 Å². The van der Waals surface area contributed by atoms with Crippen molar-refractivity contribution in [2.75, 3.05) is 11.9 Å². The zero-order chi connectivity index (χ0) is 19.8. The van der Waals surface area contributed by atoms with Gasteiger partial charge < -0.3 is 14.8 Å². The third-order valence-electron chi connectivity index (χ3n) is 4.61. The highest BCUT2D eigenvalue weighted by atomic mass is 32.1. The molecule has 1 aliphatic rings. The molecule has 1 amide bonds. The molecule has 0 bridgehead atoms. The molecule has 0 aliphatic carbocycles. The summed E-state index contributed by atoms with van der Waals surface area (Å²) in [6.07, 6.45) is 6.33. The number of nitrogens with one attached hydrogen (secondary N) is 1. The molecule has 1 N–H and O–H groups in total. The predicted molar refractivity (Wildman–Crippen MR) is 112 cm³/mol. The summed E-state index contributed by atoms with van der Waals surface area (Å²) >= 11 is 1.63. The van der Waals surface area contributed by atoms with Crippen molar-refractivity contribution in [3.63, 3.8) is 0 Å². The fraction of sp³-hybridized carbons (Fsp3) is 0.333. The Bertz CT molecular complexity index is 1080. The Balaban J connectivity index is 1.57. The van der Waals surface area contributed by atoms with Gasteiger partial charge in [0.1, 0.15) is 17.6 Å². The lowest BCUT2D eigenvalue weighted by atomic mass is 10.1. The van der Waals surface area contributed by atoms with Crippen LogP contribution in [0.2, 0.25) is 0 Å². The smallest absolute Gasteiger partial charge is 0.248 e. The standard InChI is InChI=1S/C21H23N3O3S/c1-5-26-19-9-15-8-12(2)27-18(15)10-16(19)23-20(25)7-6-17-14(4)22-21-24(17)11-13(3)28-21/h6-7,9-12H,5,8H2,1-4H3,(H,23,25)/b7-6-. The molecular formula is C21H23N3O3S. The van der Waals surface area contributed by atoms with E-state index in [0.29, 0.717) is 18.0 Å². The van der Waals surface area contributed by atoms with Crippen LogP contribution in [0.1, 0.15) is 35.7 Å². The van der Waals surface area contributed by atoms with E-state index in [2.05, 4.69) is 10.3 Å². The van der Waals surface area contributed by atoms with Gasteiger partial charge in [-0.05, 0) is 39.8 Å². The number of rotatable bonds is 5. The first kappa shape index (κ1) is 18.6. The average Bonchev–Trinajstić information content (AvgIpc) is 3.24. The number of carbonyl (C=O) groups excluding carboxylic acids is 1. The number of thiazole rings is 1. The minimum absolute atomic E-state index is 0.136. The number of imidazole rings is 1. The minimum Gasteiger partial charge on any atom is -0.492 e. The number of anilines is 1. The Morgan fingerprint density at radius 2 is 2.29 bits per heavy atom. The average molecular weight is 398 g/mol. The number of hydrogen-bond acceptors (Lipinski definition) is 5. The lowest BCUT2D eigenvalue weighted by molar-refractivity contribution is -0.111. The minimum atomic E-state index is -0.228. The lowest BCUT2D eigenvalue weighted by Crippen LogP contribution is -2.10. The van der Waals surface area contributed by atoms with Crippen LogP contribution < -0.4 is 14.8 Å². The number of aromatic nitrogens is 2. The Morgan fingerprint density at radius 1 is 1.46 bits per heavy atom. The van der Waals surface area contributed by atoms with Gasteiger partial charge in [-0.25, -0.2) is 4.98 Å². The van der Waals surface area contributed by atoms with Gasteiger partial charge in [-0.15, -0.1) is 11.3 Å². The molecule has 146 valence electrons. The Hall–Kier alpha value is -2.80. The van der Waals surface area contributed by atoms with Crippen LogP contribution in [-0.2, 0) is 11.2 Å². The summed E-state index contributed by atoms with van der Waals surface area (Å²) < 4.78 is 13.5. The molecular weight excluding hydrogens is 374 g/mol. The normalized spacial score (nSPS) is 15.8. The number of ether oxygens (including phenoxy) is 2. The zero-order valence-corrected chi connectivity index (χ0v) is 17.2. The number of amides is 1. The molecule has 1 aromatic carbocycles. The van der Waals surface area contributed by atoms with Crippen molar-refractivity contribution in [3.8, 4) is 11.5 Å². The van der Waals surface area contributed by atoms with E-state index in [1.807, 2.05) is 50.4 Å². The predicted octanol–water partition coefficient (Wildman–Crippen LogP) is 4.39. The Kier molecular flexibility index (Phi) is 4.85. The van der Waals surface area contributed by atoms with E-state index in [1.165, 1.54) is 11.0 Å². The number of carbonyl (C=O) groups is 1. The van der Waals surface area contributed by atoms with Crippen LogP contribution in [0.5, 0.6) is 11.5 Å². The molecule has 1 unspecified atom stereocenters. The molecule has 0 saturated heterocycles. The van der Waals surface area contributed by atoms with Crippen LogP contribution in [0.4, 0.5) is 5.69 Å². The molecule has 28 heavy (non-hydrogen) atoms. The second kappa shape index (κ2) is 7.31. The third kappa shape index (κ3) is 3.49. The summed E-state index contributed by atoms with van der Waals surface area (Å²) in [5.41, 5.74) is 3.52. The highest BCUT2D eigenvalue weighted by molar-refractivity contribution is 7.17. The first-order valence-electron chi connectivity index (χ1n) is 9.35. The van der Waals surface area contributed by atoms with Crippen molar-refractivity contribution in [3.05, 3.63) is 46.2 Å². The number of nitrogens with zero attached hydrogens (tertiary/aromatic N) is 2. The summed E-state index contributed by atoms with van der Waals surface area (Å²) in [4.78, 5) is 19.2. The third-order valence-corrected chi connectivity index (χ3v) is 5.51. The van der Waals surface area contributed by atoms with Crippen molar-refractivity contribution in [1.82, 2.24) is 9.38 Å². The molecule has 1 aliphatic heterocycles. The maximum absolute atomic E-state index is 12.6.